The van der Waals surface area contributed by atoms with Crippen LogP contribution in [0.25, 0.3) is 0 Å². The molecule has 35 heavy (non-hydrogen) atoms. The smallest absolute Gasteiger partial charge is 0.369 e. The summed E-state index contributed by atoms with van der Waals surface area (Å²) in [6, 6.07) is 0. The molecule has 0 aromatic carbocycles. The molecule has 1 unspecified atom stereocenters. The number of aliphatic hydroxyl groups is 1. The summed E-state index contributed by atoms with van der Waals surface area (Å²) in [6.07, 6.45) is 19.2. The number of hydrogen-bond acceptors (Lipinski definition) is 5. The van der Waals surface area contributed by atoms with Gasteiger partial charge in [0, 0.05) is 6.42 Å². The standard InChI is InChI=1S/C26H55N2O6P/c1-6-7-8-9-10-11-12-13-14-15-16-17-18-19-20-21-25(29)27-26(2,30)24-34-35(31,32)33-23-22-28(3,4)5/h30H,6-24H2,1-5H3,(H-,27,29,31,32)/p+1/t26-/m1/s1. The topological polar surface area (TPSA) is 105 Å². The number of unbranched alkanes of at least 4 members (excludes halogenated alkanes) is 14. The number of hydrogen-bond donors (Lipinski definition) is 3. The molecule has 0 saturated carbocycles. The van der Waals surface area contributed by atoms with Crippen LogP contribution in [0.3, 0.4) is 0 Å². The Morgan fingerprint density at radius 2 is 1.26 bits per heavy atom. The Labute approximate surface area is 215 Å². The van der Waals surface area contributed by atoms with Crippen LogP contribution in [0.1, 0.15) is 117 Å². The fourth-order valence-corrected chi connectivity index (χ4v) is 4.53. The average Bonchev–Trinajstić information content (AvgIpc) is 2.74. The molecule has 0 aliphatic carbocycles. The van der Waals surface area contributed by atoms with E-state index in [2.05, 4.69) is 12.2 Å². The summed E-state index contributed by atoms with van der Waals surface area (Å²) in [6.45, 7) is 3.64. The van der Waals surface area contributed by atoms with Crippen molar-refractivity contribution in [3.05, 3.63) is 0 Å². The number of rotatable bonds is 24. The monoisotopic (exact) mass is 523 g/mol. The van der Waals surface area contributed by atoms with Crippen molar-refractivity contribution in [3.8, 4) is 0 Å². The Morgan fingerprint density at radius 3 is 1.69 bits per heavy atom. The van der Waals surface area contributed by atoms with Gasteiger partial charge >= 0.3 is 7.82 Å². The van der Waals surface area contributed by atoms with E-state index in [1.165, 1.54) is 84.0 Å². The number of phosphoric ester groups is 1. The molecule has 3 N–H and O–H groups in total. The van der Waals surface area contributed by atoms with Gasteiger partial charge in [-0.2, -0.15) is 0 Å². The zero-order valence-corrected chi connectivity index (χ0v) is 24.3. The molecule has 0 aliphatic heterocycles. The lowest BCUT2D eigenvalue weighted by molar-refractivity contribution is -0.870. The van der Waals surface area contributed by atoms with Gasteiger partial charge in [0.15, 0.2) is 5.72 Å². The number of nitrogens with zero attached hydrogens (tertiary/aromatic N) is 1. The molecule has 9 heteroatoms. The lowest BCUT2D eigenvalue weighted by Gasteiger charge is -2.26. The van der Waals surface area contributed by atoms with E-state index < -0.39 is 20.2 Å². The minimum atomic E-state index is -4.29. The fraction of sp³-hybridized carbons (Fsp3) is 0.962. The highest BCUT2D eigenvalue weighted by Crippen LogP contribution is 2.43. The van der Waals surface area contributed by atoms with Crippen molar-refractivity contribution in [2.75, 3.05) is 40.9 Å². The zero-order valence-electron chi connectivity index (χ0n) is 23.4. The van der Waals surface area contributed by atoms with Crippen LogP contribution in [0.15, 0.2) is 0 Å². The van der Waals surface area contributed by atoms with E-state index >= 15 is 0 Å². The summed E-state index contributed by atoms with van der Waals surface area (Å²) in [4.78, 5) is 21.8. The molecule has 0 aromatic heterocycles. The predicted octanol–water partition coefficient (Wildman–Crippen LogP) is 5.91. The molecule has 0 fully saturated rings. The molecule has 0 radical (unpaired) electrons. The van der Waals surface area contributed by atoms with Crippen LogP contribution < -0.4 is 5.32 Å². The molecule has 0 saturated heterocycles. The Hall–Kier alpha value is -0.500. The minimum Gasteiger partial charge on any atom is -0.369 e. The van der Waals surface area contributed by atoms with Gasteiger partial charge in [0.05, 0.1) is 21.1 Å². The molecule has 8 nitrogen and oxygen atoms in total. The van der Waals surface area contributed by atoms with Crippen molar-refractivity contribution in [1.29, 1.82) is 0 Å². The second-order valence-electron chi connectivity index (χ2n) is 11.1. The maximum atomic E-state index is 12.1. The minimum absolute atomic E-state index is 0.0466. The lowest BCUT2D eigenvalue weighted by atomic mass is 10.0. The number of quaternary nitrogens is 1. The first-order chi connectivity index (χ1) is 16.4. The van der Waals surface area contributed by atoms with E-state index in [-0.39, 0.29) is 12.5 Å². The van der Waals surface area contributed by atoms with Crippen LogP contribution in [0.2, 0.25) is 0 Å². The van der Waals surface area contributed by atoms with Crippen LogP contribution in [-0.2, 0) is 18.4 Å². The number of carbonyl (C=O) groups is 1. The Morgan fingerprint density at radius 1 is 0.829 bits per heavy atom. The number of carbonyl (C=O) groups excluding carboxylic acids is 1. The Kier molecular flexibility index (Phi) is 19.3. The summed E-state index contributed by atoms with van der Waals surface area (Å²) in [5, 5.41) is 12.7. The highest BCUT2D eigenvalue weighted by atomic mass is 31.2. The van der Waals surface area contributed by atoms with E-state index in [0.29, 0.717) is 17.4 Å². The Balaban J connectivity index is 3.70. The molecular formula is C26H56N2O6P+. The zero-order chi connectivity index (χ0) is 26.6. The third-order valence-corrected chi connectivity index (χ3v) is 6.91. The molecule has 0 bridgehead atoms. The van der Waals surface area contributed by atoms with E-state index in [0.717, 1.165) is 19.3 Å². The van der Waals surface area contributed by atoms with Gasteiger partial charge in [0.25, 0.3) is 0 Å². The van der Waals surface area contributed by atoms with Gasteiger partial charge in [-0.25, -0.2) is 4.57 Å². The molecule has 0 aliphatic rings. The number of phosphoric acid groups is 1. The summed E-state index contributed by atoms with van der Waals surface area (Å²) in [5.74, 6) is -0.299. The molecule has 210 valence electrons. The highest BCUT2D eigenvalue weighted by molar-refractivity contribution is 7.47. The van der Waals surface area contributed by atoms with Crippen LogP contribution in [0.5, 0.6) is 0 Å². The van der Waals surface area contributed by atoms with Crippen LogP contribution in [0, 0.1) is 0 Å². The average molecular weight is 524 g/mol. The number of nitrogens with one attached hydrogen (secondary N) is 1. The maximum Gasteiger partial charge on any atom is 0.472 e. The third kappa shape index (κ3) is 25.0. The van der Waals surface area contributed by atoms with Gasteiger partial charge in [-0.3, -0.25) is 13.8 Å². The highest BCUT2D eigenvalue weighted by Gasteiger charge is 2.30. The van der Waals surface area contributed by atoms with Gasteiger partial charge in [0.1, 0.15) is 19.8 Å². The van der Waals surface area contributed by atoms with E-state index in [4.69, 9.17) is 9.05 Å². The summed E-state index contributed by atoms with van der Waals surface area (Å²) in [5.41, 5.74) is -1.74. The molecular weight excluding hydrogens is 467 g/mol. The molecule has 0 heterocycles. The molecule has 1 amide bonds. The first-order valence-corrected chi connectivity index (χ1v) is 15.3. The van der Waals surface area contributed by atoms with Crippen molar-refractivity contribution >= 4 is 13.7 Å². The van der Waals surface area contributed by atoms with Gasteiger partial charge in [-0.15, -0.1) is 0 Å². The normalized spacial score (nSPS) is 15.5. The van der Waals surface area contributed by atoms with Gasteiger partial charge in [0.2, 0.25) is 5.91 Å². The second kappa shape index (κ2) is 19.6. The quantitative estimate of drug-likeness (QED) is 0.0628. The van der Waals surface area contributed by atoms with Crippen molar-refractivity contribution in [2.24, 2.45) is 0 Å². The summed E-state index contributed by atoms with van der Waals surface area (Å²) < 4.78 is 22.3. The van der Waals surface area contributed by atoms with Crippen molar-refractivity contribution in [1.82, 2.24) is 5.32 Å². The molecule has 2 atom stereocenters. The first-order valence-electron chi connectivity index (χ1n) is 13.8. The lowest BCUT2D eigenvalue weighted by Crippen LogP contribution is -2.49. The number of likely N-dealkylation sites (N-methyl/N-ethyl adjacent to an activating group) is 1. The van der Waals surface area contributed by atoms with Crippen LogP contribution in [0.4, 0.5) is 0 Å². The van der Waals surface area contributed by atoms with Crippen molar-refractivity contribution in [3.63, 3.8) is 0 Å². The van der Waals surface area contributed by atoms with Crippen molar-refractivity contribution in [2.45, 2.75) is 122 Å². The van der Waals surface area contributed by atoms with E-state index in [1.807, 2.05) is 21.1 Å². The van der Waals surface area contributed by atoms with Gasteiger partial charge < -0.3 is 19.8 Å². The first kappa shape index (κ1) is 34.5. The maximum absolute atomic E-state index is 12.1. The molecule has 0 rings (SSSR count). The summed E-state index contributed by atoms with van der Waals surface area (Å²) in [7, 11) is 1.51. The third-order valence-electron chi connectivity index (χ3n) is 5.94. The number of amides is 1. The fourth-order valence-electron chi connectivity index (χ4n) is 3.73. The van der Waals surface area contributed by atoms with E-state index in [9.17, 15) is 19.4 Å². The predicted molar refractivity (Wildman–Crippen MR) is 143 cm³/mol. The molecule has 0 spiro atoms. The van der Waals surface area contributed by atoms with Crippen LogP contribution in [-0.4, -0.2) is 67.0 Å². The summed E-state index contributed by atoms with van der Waals surface area (Å²) >= 11 is 0. The van der Waals surface area contributed by atoms with E-state index in [1.54, 1.807) is 0 Å². The second-order valence-corrected chi connectivity index (χ2v) is 12.6. The largest absolute Gasteiger partial charge is 0.472 e. The SMILES string of the molecule is CCCCCCCCCCCCCCCCCC(=O)N[C@](C)(O)COP(=O)(O)OCC[N+](C)(C)C. The van der Waals surface area contributed by atoms with Crippen LogP contribution >= 0.6 is 7.82 Å². The van der Waals surface area contributed by atoms with Gasteiger partial charge in [-0.05, 0) is 13.3 Å². The Bertz CT molecular complexity index is 581. The van der Waals surface area contributed by atoms with Gasteiger partial charge in [-0.1, -0.05) is 96.8 Å². The molecule has 0 aromatic rings. The van der Waals surface area contributed by atoms with Crippen molar-refractivity contribution < 1.29 is 32.9 Å².